The molecule has 0 saturated carbocycles. The molecule has 0 aromatic heterocycles. The molecule has 2 N–H and O–H groups in total. The van der Waals surface area contributed by atoms with Crippen LogP contribution in [0.25, 0.3) is 0 Å². The van der Waals surface area contributed by atoms with Crippen molar-refractivity contribution in [3.63, 3.8) is 0 Å². The van der Waals surface area contributed by atoms with Crippen LogP contribution in [0, 0.1) is 0 Å². The first-order chi connectivity index (χ1) is 5.72. The molecule has 0 rings (SSSR count). The van der Waals surface area contributed by atoms with Gasteiger partial charge in [-0.1, -0.05) is 6.08 Å². The highest BCUT2D eigenvalue weighted by Crippen LogP contribution is 1.86. The van der Waals surface area contributed by atoms with Crippen LogP contribution in [0.15, 0.2) is 12.7 Å². The maximum Gasteiger partial charge on any atom is 0.321 e. The fourth-order valence-electron chi connectivity index (χ4n) is 0.456. The summed E-state index contributed by atoms with van der Waals surface area (Å²) < 4.78 is 7.83. The predicted molar refractivity (Wildman–Crippen MR) is 51.6 cm³/mol. The SMILES string of the molecule is C=CCNC(CS)C(=O)O.O=S. The minimum absolute atomic E-state index is 0.295. The van der Waals surface area contributed by atoms with Crippen molar-refractivity contribution in [2.75, 3.05) is 12.3 Å². The Morgan fingerprint density at radius 1 is 1.75 bits per heavy atom. The lowest BCUT2D eigenvalue weighted by Crippen LogP contribution is -2.38. The lowest BCUT2D eigenvalue weighted by atomic mass is 10.3. The van der Waals surface area contributed by atoms with Gasteiger partial charge in [0.15, 0.2) is 12.5 Å². The van der Waals surface area contributed by atoms with Gasteiger partial charge in [-0.25, -0.2) is 0 Å². The summed E-state index contributed by atoms with van der Waals surface area (Å²) in [4.78, 5) is 10.3. The Bertz CT molecular complexity index is 143. The number of carboxylic acids is 1. The van der Waals surface area contributed by atoms with Crippen LogP contribution < -0.4 is 5.32 Å². The highest BCUT2D eigenvalue weighted by atomic mass is 32.1. The smallest absolute Gasteiger partial charge is 0.321 e. The zero-order valence-electron chi connectivity index (χ0n) is 6.40. The van der Waals surface area contributed by atoms with Crippen LogP contribution in [0.5, 0.6) is 0 Å². The molecular formula is C6H11NO3S2. The molecule has 0 aromatic rings. The van der Waals surface area contributed by atoms with Crippen molar-refractivity contribution in [3.8, 4) is 0 Å². The summed E-state index contributed by atoms with van der Waals surface area (Å²) >= 11 is 6.68. The summed E-state index contributed by atoms with van der Waals surface area (Å²) in [5.74, 6) is -0.583. The van der Waals surface area contributed by atoms with Crippen molar-refractivity contribution < 1.29 is 14.1 Å². The molecule has 1 unspecified atom stereocenters. The van der Waals surface area contributed by atoms with E-state index in [1.54, 1.807) is 6.08 Å². The quantitative estimate of drug-likeness (QED) is 0.432. The number of rotatable bonds is 5. The van der Waals surface area contributed by atoms with E-state index < -0.39 is 12.0 Å². The molecule has 0 saturated heterocycles. The van der Waals surface area contributed by atoms with E-state index >= 15 is 0 Å². The summed E-state index contributed by atoms with van der Waals surface area (Å²) in [5.41, 5.74) is 0. The highest BCUT2D eigenvalue weighted by Gasteiger charge is 2.12. The zero-order valence-corrected chi connectivity index (χ0v) is 8.11. The first-order valence-corrected chi connectivity index (χ1v) is 4.03. The van der Waals surface area contributed by atoms with Gasteiger partial charge in [0.25, 0.3) is 0 Å². The first-order valence-electron chi connectivity index (χ1n) is 3.07. The van der Waals surface area contributed by atoms with E-state index in [9.17, 15) is 4.79 Å². The standard InChI is InChI=1S/C6H11NO2S.OS/c1-2-3-7-5(4-10)6(8)9;1-2/h2,5,7,10H,1,3-4H2,(H,8,9);. The Morgan fingerprint density at radius 2 is 2.25 bits per heavy atom. The average Bonchev–Trinajstić information content (AvgIpc) is 2.09. The van der Waals surface area contributed by atoms with Gasteiger partial charge in [0.2, 0.25) is 0 Å². The van der Waals surface area contributed by atoms with Crippen LogP contribution in [0.4, 0.5) is 0 Å². The Kier molecular flexibility index (Phi) is 12.4. The van der Waals surface area contributed by atoms with Gasteiger partial charge in [-0.2, -0.15) is 16.8 Å². The van der Waals surface area contributed by atoms with E-state index in [4.69, 9.17) is 9.32 Å². The second-order valence-corrected chi connectivity index (χ2v) is 2.14. The number of carboxylic acid groups (broad SMARTS) is 1. The number of carbonyl (C=O) groups is 1. The van der Waals surface area contributed by atoms with E-state index in [0.29, 0.717) is 12.3 Å². The molecule has 0 amide bonds. The lowest BCUT2D eigenvalue weighted by Gasteiger charge is -2.08. The lowest BCUT2D eigenvalue weighted by molar-refractivity contribution is -0.138. The van der Waals surface area contributed by atoms with Gasteiger partial charge in [0, 0.05) is 12.3 Å². The van der Waals surface area contributed by atoms with Gasteiger partial charge in [0.05, 0.1) is 0 Å². The van der Waals surface area contributed by atoms with E-state index in [0.717, 1.165) is 0 Å². The zero-order chi connectivity index (χ0) is 9.98. The second-order valence-electron chi connectivity index (χ2n) is 1.77. The fourth-order valence-corrected chi connectivity index (χ4v) is 0.741. The van der Waals surface area contributed by atoms with Crippen molar-refractivity contribution in [1.29, 1.82) is 0 Å². The van der Waals surface area contributed by atoms with Crippen LogP contribution in [-0.2, 0) is 17.3 Å². The minimum Gasteiger partial charge on any atom is -0.480 e. The third kappa shape index (κ3) is 7.64. The van der Waals surface area contributed by atoms with Crippen LogP contribution in [0.1, 0.15) is 0 Å². The summed E-state index contributed by atoms with van der Waals surface area (Å²) in [7, 11) is 0. The molecule has 12 heavy (non-hydrogen) atoms. The number of thiol groups is 1. The average molecular weight is 209 g/mol. The fraction of sp³-hybridized carbons (Fsp3) is 0.500. The van der Waals surface area contributed by atoms with Crippen LogP contribution in [0.2, 0.25) is 0 Å². The highest BCUT2D eigenvalue weighted by molar-refractivity contribution is 7.80. The predicted octanol–water partition coefficient (Wildman–Crippen LogP) is -0.191. The number of hydrogen-bond donors (Lipinski definition) is 3. The maximum atomic E-state index is 10.3. The van der Waals surface area contributed by atoms with Crippen LogP contribution in [-0.4, -0.2) is 33.6 Å². The third-order valence-electron chi connectivity index (χ3n) is 0.989. The summed E-state index contributed by atoms with van der Waals surface area (Å²) in [6.07, 6.45) is 1.61. The van der Waals surface area contributed by atoms with E-state index in [-0.39, 0.29) is 0 Å². The molecule has 1 atom stereocenters. The summed E-state index contributed by atoms with van der Waals surface area (Å²) in [6.45, 7) is 3.94. The van der Waals surface area contributed by atoms with Crippen molar-refractivity contribution in [3.05, 3.63) is 12.7 Å². The Labute approximate surface area is 82.0 Å². The molecule has 0 heterocycles. The molecule has 0 aliphatic rings. The molecule has 4 nitrogen and oxygen atoms in total. The van der Waals surface area contributed by atoms with E-state index in [1.807, 2.05) is 0 Å². The van der Waals surface area contributed by atoms with Gasteiger partial charge >= 0.3 is 5.97 Å². The van der Waals surface area contributed by atoms with Gasteiger partial charge in [-0.15, -0.1) is 6.58 Å². The van der Waals surface area contributed by atoms with Gasteiger partial charge in [-0.3, -0.25) is 4.79 Å². The van der Waals surface area contributed by atoms with Crippen molar-refractivity contribution >= 4 is 31.1 Å². The number of hydrogen-bond acceptors (Lipinski definition) is 5. The molecule has 0 aromatic carbocycles. The molecule has 0 aliphatic heterocycles. The normalized spacial score (nSPS) is 10.8. The maximum absolute atomic E-state index is 10.3. The first kappa shape index (κ1) is 14.1. The summed E-state index contributed by atoms with van der Waals surface area (Å²) in [6, 6.07) is -0.568. The van der Waals surface area contributed by atoms with Crippen molar-refractivity contribution in [2.45, 2.75) is 6.04 Å². The van der Waals surface area contributed by atoms with E-state index in [1.165, 1.54) is 0 Å². The Balaban J connectivity index is 0. The van der Waals surface area contributed by atoms with Gasteiger partial charge in [0.1, 0.15) is 6.04 Å². The largest absolute Gasteiger partial charge is 0.480 e. The molecule has 0 bridgehead atoms. The molecular weight excluding hydrogens is 198 g/mol. The molecule has 0 fully saturated rings. The van der Waals surface area contributed by atoms with Gasteiger partial charge < -0.3 is 10.4 Å². The Hall–Kier alpha value is -0.460. The number of nitrogens with one attached hydrogen (secondary N) is 1. The molecule has 0 spiro atoms. The summed E-state index contributed by atoms with van der Waals surface area (Å²) in [5, 5.41) is 11.2. The van der Waals surface area contributed by atoms with E-state index in [2.05, 4.69) is 37.1 Å². The van der Waals surface area contributed by atoms with Crippen molar-refractivity contribution in [1.82, 2.24) is 5.32 Å². The second kappa shape index (κ2) is 10.5. The van der Waals surface area contributed by atoms with Gasteiger partial charge in [-0.05, 0) is 0 Å². The molecule has 70 valence electrons. The van der Waals surface area contributed by atoms with Crippen molar-refractivity contribution in [2.24, 2.45) is 0 Å². The topological polar surface area (TPSA) is 66.4 Å². The number of aliphatic carboxylic acids is 1. The van der Waals surface area contributed by atoms with Crippen LogP contribution >= 0.6 is 12.6 Å². The van der Waals surface area contributed by atoms with Crippen LogP contribution in [0.3, 0.4) is 0 Å². The third-order valence-corrected chi connectivity index (χ3v) is 1.35. The molecule has 6 heteroatoms. The minimum atomic E-state index is -0.878. The molecule has 0 aliphatic carbocycles. The molecule has 0 radical (unpaired) electrons. The monoisotopic (exact) mass is 209 g/mol. The Morgan fingerprint density at radius 3 is 2.50 bits per heavy atom.